The number of fused-ring (bicyclic) bond motifs is 1. The van der Waals surface area contributed by atoms with Gasteiger partial charge in [0, 0.05) is 0 Å². The van der Waals surface area contributed by atoms with E-state index in [9.17, 15) is 4.79 Å². The zero-order valence-corrected chi connectivity index (χ0v) is 12.5. The quantitative estimate of drug-likeness (QED) is 0.829. The highest BCUT2D eigenvalue weighted by Crippen LogP contribution is 2.43. The molecule has 0 aromatic rings. The normalized spacial score (nSPS) is 30.9. The third-order valence-corrected chi connectivity index (χ3v) is 4.65. The molecule has 0 heterocycles. The number of nitrogens with one attached hydrogen (secondary N) is 1. The molecule has 0 bridgehead atoms. The summed E-state index contributed by atoms with van der Waals surface area (Å²) in [6, 6.07) is 0. The lowest BCUT2D eigenvalue weighted by atomic mass is 9.67. The van der Waals surface area contributed by atoms with Gasteiger partial charge in [0.1, 0.15) is 5.78 Å². The smallest absolute Gasteiger partial charge is 0.143 e. The minimum Gasteiger partial charge on any atom is -0.313 e. The first-order valence-electron chi connectivity index (χ1n) is 7.81. The lowest BCUT2D eigenvalue weighted by Gasteiger charge is -2.39. The van der Waals surface area contributed by atoms with E-state index in [4.69, 9.17) is 0 Å². The van der Waals surface area contributed by atoms with Gasteiger partial charge in [-0.05, 0) is 44.6 Å². The molecule has 2 rings (SSSR count). The van der Waals surface area contributed by atoms with E-state index in [1.807, 2.05) is 0 Å². The monoisotopic (exact) mass is 253 g/mol. The van der Waals surface area contributed by atoms with Gasteiger partial charge in [0.25, 0.3) is 0 Å². The predicted molar refractivity (Wildman–Crippen MR) is 77.7 cm³/mol. The zero-order chi connectivity index (χ0) is 13.4. The molecule has 2 aliphatic rings. The molecule has 1 N–H and O–H groups in total. The van der Waals surface area contributed by atoms with Crippen molar-refractivity contribution in [1.82, 2.24) is 5.32 Å². The van der Waals surface area contributed by atoms with Crippen molar-refractivity contribution < 1.29 is 4.79 Å². The highest BCUT2D eigenvalue weighted by atomic mass is 16.1. The van der Waals surface area contributed by atoms with Crippen LogP contribution in [0.3, 0.4) is 0 Å². The Labute approximate surface area is 113 Å². The van der Waals surface area contributed by atoms with E-state index >= 15 is 0 Å². The molecule has 0 aliphatic heterocycles. The maximum absolute atomic E-state index is 9.98. The summed E-state index contributed by atoms with van der Waals surface area (Å²) in [5, 5.41) is 2.72. The maximum Gasteiger partial charge on any atom is 0.143 e. The highest BCUT2D eigenvalue weighted by Gasteiger charge is 2.31. The van der Waals surface area contributed by atoms with Crippen LogP contribution in [-0.4, -0.2) is 19.4 Å². The van der Waals surface area contributed by atoms with Gasteiger partial charge in [-0.3, -0.25) is 4.79 Å². The fourth-order valence-corrected chi connectivity index (χ4v) is 3.59. The molecule has 3 unspecified atom stereocenters. The first-order chi connectivity index (χ1) is 8.67. The summed E-state index contributed by atoms with van der Waals surface area (Å²) in [7, 11) is 1.75. The molecular weight excluding hydrogens is 222 g/mol. The summed E-state index contributed by atoms with van der Waals surface area (Å²) in [6.07, 6.45) is 12.3. The van der Waals surface area contributed by atoms with Crippen LogP contribution in [0, 0.1) is 17.8 Å². The second kappa shape index (κ2) is 8.68. The molecule has 0 saturated heterocycles. The fraction of sp³-hybridized carbons (Fsp3) is 0.938. The van der Waals surface area contributed by atoms with Gasteiger partial charge in [0.15, 0.2) is 0 Å². The van der Waals surface area contributed by atoms with Crippen LogP contribution in [0.2, 0.25) is 0 Å². The number of carbonyl (C=O) groups is 1. The average Bonchev–Trinajstić information content (AvgIpc) is 2.38. The molecule has 2 heteroatoms. The third kappa shape index (κ3) is 5.51. The topological polar surface area (TPSA) is 29.1 Å². The molecule has 106 valence electrons. The van der Waals surface area contributed by atoms with Gasteiger partial charge in [-0.2, -0.15) is 0 Å². The fourth-order valence-electron chi connectivity index (χ4n) is 3.59. The van der Waals surface area contributed by atoms with Crippen LogP contribution >= 0.6 is 0 Å². The highest BCUT2D eigenvalue weighted by molar-refractivity contribution is 5.77. The maximum atomic E-state index is 9.98. The SMILES string of the molecule is CCC1CCC2CCCCC2C1.CNCC(C)=O. The first kappa shape index (κ1) is 15.7. The van der Waals surface area contributed by atoms with Gasteiger partial charge in [-0.25, -0.2) is 0 Å². The summed E-state index contributed by atoms with van der Waals surface area (Å²) < 4.78 is 0. The Morgan fingerprint density at radius 3 is 2.28 bits per heavy atom. The summed E-state index contributed by atoms with van der Waals surface area (Å²) in [6.45, 7) is 4.41. The second-order valence-electron chi connectivity index (χ2n) is 6.12. The minimum absolute atomic E-state index is 0.178. The zero-order valence-electron chi connectivity index (χ0n) is 12.5. The van der Waals surface area contributed by atoms with Gasteiger partial charge < -0.3 is 5.32 Å². The van der Waals surface area contributed by atoms with Crippen molar-refractivity contribution in [2.24, 2.45) is 17.8 Å². The van der Waals surface area contributed by atoms with Crippen LogP contribution in [0.5, 0.6) is 0 Å². The average molecular weight is 253 g/mol. The Morgan fingerprint density at radius 1 is 1.11 bits per heavy atom. The van der Waals surface area contributed by atoms with Crippen molar-refractivity contribution in [2.75, 3.05) is 13.6 Å². The van der Waals surface area contributed by atoms with E-state index in [0.29, 0.717) is 6.54 Å². The molecule has 2 saturated carbocycles. The molecular formula is C16H31NO. The number of carbonyl (C=O) groups excluding carboxylic acids is 1. The Hall–Kier alpha value is -0.370. The van der Waals surface area contributed by atoms with Crippen molar-refractivity contribution in [1.29, 1.82) is 0 Å². The van der Waals surface area contributed by atoms with Gasteiger partial charge >= 0.3 is 0 Å². The molecule has 0 radical (unpaired) electrons. The number of hydrogen-bond donors (Lipinski definition) is 1. The van der Waals surface area contributed by atoms with E-state index in [0.717, 1.165) is 17.8 Å². The number of ketones is 1. The Balaban J connectivity index is 0.000000232. The lowest BCUT2D eigenvalue weighted by Crippen LogP contribution is -2.27. The van der Waals surface area contributed by atoms with Crippen LogP contribution < -0.4 is 5.32 Å². The molecule has 2 fully saturated rings. The molecule has 0 aromatic carbocycles. The molecule has 3 atom stereocenters. The van der Waals surface area contributed by atoms with Crippen LogP contribution in [0.4, 0.5) is 0 Å². The standard InChI is InChI=1S/C12H22.C4H9NO/c1-2-10-7-8-11-5-3-4-6-12(11)9-10;1-4(6)3-5-2/h10-12H,2-9H2,1H3;5H,3H2,1-2H3. The van der Waals surface area contributed by atoms with E-state index in [-0.39, 0.29) is 5.78 Å². The lowest BCUT2D eigenvalue weighted by molar-refractivity contribution is -0.116. The molecule has 2 aliphatic carbocycles. The van der Waals surface area contributed by atoms with Gasteiger partial charge in [-0.15, -0.1) is 0 Å². The first-order valence-corrected chi connectivity index (χ1v) is 7.81. The summed E-state index contributed by atoms with van der Waals surface area (Å²) in [5.41, 5.74) is 0. The molecule has 0 aromatic heterocycles. The molecule has 0 spiro atoms. The van der Waals surface area contributed by atoms with Crippen molar-refractivity contribution in [3.63, 3.8) is 0 Å². The van der Waals surface area contributed by atoms with Crippen molar-refractivity contribution in [3.8, 4) is 0 Å². The summed E-state index contributed by atoms with van der Waals surface area (Å²) in [4.78, 5) is 9.98. The number of likely N-dealkylation sites (N-methyl/N-ethyl adjacent to an activating group) is 1. The van der Waals surface area contributed by atoms with E-state index in [2.05, 4.69) is 12.2 Å². The van der Waals surface area contributed by atoms with Crippen LogP contribution in [0.25, 0.3) is 0 Å². The third-order valence-electron chi connectivity index (χ3n) is 4.65. The van der Waals surface area contributed by atoms with E-state index in [1.165, 1.54) is 25.7 Å². The van der Waals surface area contributed by atoms with Gasteiger partial charge in [0.2, 0.25) is 0 Å². The van der Waals surface area contributed by atoms with Gasteiger partial charge in [0.05, 0.1) is 6.54 Å². The molecule has 0 amide bonds. The number of hydrogen-bond acceptors (Lipinski definition) is 2. The van der Waals surface area contributed by atoms with Crippen LogP contribution in [0.1, 0.15) is 65.2 Å². The van der Waals surface area contributed by atoms with Crippen LogP contribution in [0.15, 0.2) is 0 Å². The van der Waals surface area contributed by atoms with Crippen molar-refractivity contribution in [3.05, 3.63) is 0 Å². The Kier molecular flexibility index (Phi) is 7.57. The molecule has 18 heavy (non-hydrogen) atoms. The Morgan fingerprint density at radius 2 is 1.78 bits per heavy atom. The number of rotatable bonds is 3. The Bertz CT molecular complexity index is 239. The predicted octanol–water partition coefficient (Wildman–Crippen LogP) is 3.80. The summed E-state index contributed by atoms with van der Waals surface area (Å²) in [5.74, 6) is 3.54. The van der Waals surface area contributed by atoms with E-state index < -0.39 is 0 Å². The van der Waals surface area contributed by atoms with Gasteiger partial charge in [-0.1, -0.05) is 45.4 Å². The molecule has 2 nitrogen and oxygen atoms in total. The van der Waals surface area contributed by atoms with Crippen molar-refractivity contribution in [2.45, 2.75) is 65.2 Å². The van der Waals surface area contributed by atoms with E-state index in [1.54, 1.807) is 39.7 Å². The summed E-state index contributed by atoms with van der Waals surface area (Å²) >= 11 is 0. The second-order valence-corrected chi connectivity index (χ2v) is 6.12. The van der Waals surface area contributed by atoms with Crippen LogP contribution in [-0.2, 0) is 4.79 Å². The minimum atomic E-state index is 0.178. The largest absolute Gasteiger partial charge is 0.313 e. The van der Waals surface area contributed by atoms with Crippen molar-refractivity contribution >= 4 is 5.78 Å². The number of Topliss-reactive ketones (excluding diaryl/α,β-unsaturated/α-hetero) is 1.